The number of rotatable bonds is 9. The Balaban J connectivity index is 1.49. The normalized spacial score (nSPS) is 20.5. The van der Waals surface area contributed by atoms with Crippen molar-refractivity contribution in [2.45, 2.75) is 51.0 Å². The van der Waals surface area contributed by atoms with Gasteiger partial charge < -0.3 is 29.8 Å². The number of amides is 2. The second-order valence-corrected chi connectivity index (χ2v) is 10.5. The van der Waals surface area contributed by atoms with Gasteiger partial charge >= 0.3 is 6.03 Å². The van der Waals surface area contributed by atoms with E-state index in [-0.39, 0.29) is 35.9 Å². The zero-order valence-corrected chi connectivity index (χ0v) is 24.1. The number of benzene rings is 3. The van der Waals surface area contributed by atoms with Crippen LogP contribution in [0.3, 0.4) is 0 Å². The standard InChI is InChI=1S/C31H32Cl2N4O4/c1-2-34-31(39)35-16-20-8-14-24(15-9-20)30-40-25(17-37-19-36-28(32)29(37)33)26(22-6-4-3-5-7-22)27(41-30)23-12-10-21(18-38)11-13-23/h3-15,19,25-27,30,38H,2,16-18H2,1H3,(H2,34,35,39). The second kappa shape index (κ2) is 13.5. The van der Waals surface area contributed by atoms with Crippen LogP contribution in [-0.2, 0) is 29.2 Å². The first-order valence-electron chi connectivity index (χ1n) is 13.5. The smallest absolute Gasteiger partial charge is 0.315 e. The fraction of sp³-hybridized carbons (Fsp3) is 0.290. The number of nitrogens with one attached hydrogen (secondary N) is 2. The Morgan fingerprint density at radius 2 is 1.59 bits per heavy atom. The van der Waals surface area contributed by atoms with Crippen molar-refractivity contribution >= 4 is 29.2 Å². The van der Waals surface area contributed by atoms with Gasteiger partial charge in [-0.05, 0) is 29.2 Å². The quantitative estimate of drug-likeness (QED) is 0.216. The van der Waals surface area contributed by atoms with Crippen molar-refractivity contribution in [3.63, 3.8) is 0 Å². The number of carbonyl (C=O) groups excluding carboxylic acids is 1. The number of imidazole rings is 1. The molecule has 2 amide bonds. The number of carbonyl (C=O) groups is 1. The van der Waals surface area contributed by atoms with E-state index >= 15 is 0 Å². The molecule has 0 bridgehead atoms. The summed E-state index contributed by atoms with van der Waals surface area (Å²) in [7, 11) is 0. The predicted molar refractivity (Wildman–Crippen MR) is 158 cm³/mol. The molecule has 1 saturated heterocycles. The summed E-state index contributed by atoms with van der Waals surface area (Å²) in [5.41, 5.74) is 4.63. The number of nitrogens with zero attached hydrogens (tertiary/aromatic N) is 2. The first-order chi connectivity index (χ1) is 20.0. The van der Waals surface area contributed by atoms with Crippen LogP contribution in [0.15, 0.2) is 85.2 Å². The Kier molecular flexibility index (Phi) is 9.59. The lowest BCUT2D eigenvalue weighted by atomic mass is 9.83. The SMILES string of the molecule is CCNC(=O)NCc1ccc(C2OC(Cn3cnc(Cl)c3Cl)C(c3ccccc3)C(c3ccc(CO)cc3)O2)cc1. The summed E-state index contributed by atoms with van der Waals surface area (Å²) < 4.78 is 15.2. The van der Waals surface area contributed by atoms with Gasteiger partial charge in [0.2, 0.25) is 0 Å². The molecule has 0 aliphatic carbocycles. The molecular formula is C31H32Cl2N4O4. The van der Waals surface area contributed by atoms with Gasteiger partial charge in [0.15, 0.2) is 11.4 Å². The summed E-state index contributed by atoms with van der Waals surface area (Å²) in [5, 5.41) is 15.7. The van der Waals surface area contributed by atoms with Gasteiger partial charge in [-0.2, -0.15) is 0 Å². The Labute approximate surface area is 249 Å². The molecule has 2 heterocycles. The molecule has 4 unspecified atom stereocenters. The third kappa shape index (κ3) is 6.92. The van der Waals surface area contributed by atoms with Gasteiger partial charge in [-0.15, -0.1) is 0 Å². The third-order valence-electron chi connectivity index (χ3n) is 7.12. The number of halogens is 2. The first-order valence-corrected chi connectivity index (χ1v) is 14.2. The molecule has 1 aliphatic heterocycles. The molecule has 214 valence electrons. The van der Waals surface area contributed by atoms with Crippen LogP contribution in [0.5, 0.6) is 0 Å². The molecule has 0 saturated carbocycles. The number of ether oxygens (including phenoxy) is 2. The number of urea groups is 1. The largest absolute Gasteiger partial charge is 0.392 e. The highest BCUT2D eigenvalue weighted by molar-refractivity contribution is 6.40. The molecule has 1 fully saturated rings. The Bertz CT molecular complexity index is 1430. The van der Waals surface area contributed by atoms with E-state index in [2.05, 4.69) is 27.8 Å². The molecular weight excluding hydrogens is 563 g/mol. The molecule has 4 atom stereocenters. The molecule has 0 spiro atoms. The molecule has 5 rings (SSSR count). The van der Waals surface area contributed by atoms with Gasteiger partial charge in [-0.3, -0.25) is 0 Å². The third-order valence-corrected chi connectivity index (χ3v) is 7.89. The lowest BCUT2D eigenvalue weighted by Gasteiger charge is -2.43. The maximum absolute atomic E-state index is 11.8. The van der Waals surface area contributed by atoms with Crippen LogP contribution in [0, 0.1) is 0 Å². The van der Waals surface area contributed by atoms with Gasteiger partial charge in [0.1, 0.15) is 5.15 Å². The van der Waals surface area contributed by atoms with Gasteiger partial charge in [0.25, 0.3) is 0 Å². The summed E-state index contributed by atoms with van der Waals surface area (Å²) in [5.74, 6) is -0.190. The molecule has 10 heteroatoms. The van der Waals surface area contributed by atoms with E-state index in [0.717, 1.165) is 27.8 Å². The molecule has 3 N–H and O–H groups in total. The van der Waals surface area contributed by atoms with Crippen LogP contribution in [-0.4, -0.2) is 33.3 Å². The molecule has 4 aromatic rings. The van der Waals surface area contributed by atoms with Crippen LogP contribution in [0.2, 0.25) is 10.3 Å². The van der Waals surface area contributed by atoms with Gasteiger partial charge in [-0.1, -0.05) is 102 Å². The van der Waals surface area contributed by atoms with E-state index < -0.39 is 6.29 Å². The summed E-state index contributed by atoms with van der Waals surface area (Å²) >= 11 is 12.7. The number of aliphatic hydroxyl groups is 1. The van der Waals surface area contributed by atoms with Gasteiger partial charge in [0, 0.05) is 24.6 Å². The van der Waals surface area contributed by atoms with Crippen LogP contribution < -0.4 is 10.6 Å². The zero-order chi connectivity index (χ0) is 28.8. The van der Waals surface area contributed by atoms with E-state index in [1.54, 1.807) is 10.9 Å². The summed E-state index contributed by atoms with van der Waals surface area (Å²) in [6.45, 7) is 3.20. The van der Waals surface area contributed by atoms with Crippen molar-refractivity contribution in [3.8, 4) is 0 Å². The van der Waals surface area contributed by atoms with E-state index in [1.807, 2.05) is 73.7 Å². The molecule has 41 heavy (non-hydrogen) atoms. The summed E-state index contributed by atoms with van der Waals surface area (Å²) in [4.78, 5) is 16.0. The van der Waals surface area contributed by atoms with Crippen molar-refractivity contribution in [2.75, 3.05) is 6.54 Å². The van der Waals surface area contributed by atoms with Crippen molar-refractivity contribution in [1.82, 2.24) is 20.2 Å². The minimum atomic E-state index is -0.675. The van der Waals surface area contributed by atoms with E-state index in [4.69, 9.17) is 32.7 Å². The van der Waals surface area contributed by atoms with E-state index in [1.165, 1.54) is 0 Å². The maximum Gasteiger partial charge on any atom is 0.315 e. The predicted octanol–water partition coefficient (Wildman–Crippen LogP) is 6.14. The van der Waals surface area contributed by atoms with Crippen molar-refractivity contribution < 1.29 is 19.4 Å². The van der Waals surface area contributed by atoms with Crippen LogP contribution in [0.4, 0.5) is 4.79 Å². The molecule has 3 aromatic carbocycles. The molecule has 1 aliphatic rings. The highest BCUT2D eigenvalue weighted by Gasteiger charge is 2.42. The fourth-order valence-corrected chi connectivity index (χ4v) is 5.34. The monoisotopic (exact) mass is 594 g/mol. The number of aromatic nitrogens is 2. The average molecular weight is 596 g/mol. The van der Waals surface area contributed by atoms with Gasteiger partial charge in [-0.25, -0.2) is 9.78 Å². The average Bonchev–Trinajstić information content (AvgIpc) is 3.32. The van der Waals surface area contributed by atoms with Crippen LogP contribution >= 0.6 is 23.2 Å². The van der Waals surface area contributed by atoms with Gasteiger partial charge in [0.05, 0.1) is 31.7 Å². The Morgan fingerprint density at radius 3 is 2.22 bits per heavy atom. The van der Waals surface area contributed by atoms with Crippen molar-refractivity contribution in [3.05, 3.63) is 123 Å². The summed E-state index contributed by atoms with van der Waals surface area (Å²) in [6.07, 6.45) is 0.208. The lowest BCUT2D eigenvalue weighted by Crippen LogP contribution is -2.39. The summed E-state index contributed by atoms with van der Waals surface area (Å²) in [6, 6.07) is 25.5. The Hall–Kier alpha value is -3.40. The highest BCUT2D eigenvalue weighted by atomic mass is 35.5. The van der Waals surface area contributed by atoms with E-state index in [0.29, 0.717) is 24.8 Å². The lowest BCUT2D eigenvalue weighted by molar-refractivity contribution is -0.263. The zero-order valence-electron chi connectivity index (χ0n) is 22.5. The fourth-order valence-electron chi connectivity index (χ4n) is 5.03. The molecule has 8 nitrogen and oxygen atoms in total. The van der Waals surface area contributed by atoms with Crippen LogP contribution in [0.25, 0.3) is 0 Å². The minimum Gasteiger partial charge on any atom is -0.392 e. The topological polar surface area (TPSA) is 97.6 Å². The number of hydrogen-bond donors (Lipinski definition) is 3. The maximum atomic E-state index is 11.8. The number of aliphatic hydroxyl groups excluding tert-OH is 1. The second-order valence-electron chi connectivity index (χ2n) is 9.83. The Morgan fingerprint density at radius 1 is 0.902 bits per heavy atom. The van der Waals surface area contributed by atoms with Crippen molar-refractivity contribution in [1.29, 1.82) is 0 Å². The van der Waals surface area contributed by atoms with Crippen LogP contribution in [0.1, 0.15) is 53.1 Å². The minimum absolute atomic E-state index is 0.0382. The number of hydrogen-bond acceptors (Lipinski definition) is 5. The van der Waals surface area contributed by atoms with E-state index in [9.17, 15) is 9.90 Å². The first kappa shape index (κ1) is 29.1. The van der Waals surface area contributed by atoms with Crippen molar-refractivity contribution in [2.24, 2.45) is 0 Å². The molecule has 0 radical (unpaired) electrons. The molecule has 1 aromatic heterocycles. The highest BCUT2D eigenvalue weighted by Crippen LogP contribution is 2.47.